The van der Waals surface area contributed by atoms with Crippen molar-refractivity contribution in [3.63, 3.8) is 0 Å². The first-order chi connectivity index (χ1) is 8.08. The minimum atomic E-state index is 0.0144. The van der Waals surface area contributed by atoms with E-state index in [1.165, 1.54) is 0 Å². The molecule has 1 saturated heterocycles. The zero-order valence-electron chi connectivity index (χ0n) is 10.7. The zero-order chi connectivity index (χ0) is 12.4. The van der Waals surface area contributed by atoms with E-state index < -0.39 is 0 Å². The van der Waals surface area contributed by atoms with Gasteiger partial charge in [-0.1, -0.05) is 0 Å². The van der Waals surface area contributed by atoms with Crippen LogP contribution in [0.25, 0.3) is 0 Å². The monoisotopic (exact) mass is 236 g/mol. The lowest BCUT2D eigenvalue weighted by Gasteiger charge is -2.16. The fraction of sp³-hybridized carbons (Fsp3) is 0.615. The summed E-state index contributed by atoms with van der Waals surface area (Å²) in [4.78, 5) is 12.0. The Labute approximate surface area is 102 Å². The Morgan fingerprint density at radius 3 is 2.88 bits per heavy atom. The van der Waals surface area contributed by atoms with Gasteiger partial charge in [0.05, 0.1) is 12.0 Å². The number of furan rings is 1. The first kappa shape index (κ1) is 12.2. The normalized spacial score (nSPS) is 21.5. The van der Waals surface area contributed by atoms with Crippen molar-refractivity contribution in [1.29, 1.82) is 0 Å². The van der Waals surface area contributed by atoms with E-state index in [0.717, 1.165) is 36.6 Å². The highest BCUT2D eigenvalue weighted by atomic mass is 16.3. The molecule has 0 saturated carbocycles. The molecule has 2 heterocycles. The molecule has 1 fully saturated rings. The van der Waals surface area contributed by atoms with Gasteiger partial charge in [-0.3, -0.25) is 4.79 Å². The Morgan fingerprint density at radius 2 is 2.35 bits per heavy atom. The van der Waals surface area contributed by atoms with Crippen LogP contribution >= 0.6 is 0 Å². The number of aryl methyl sites for hydroxylation is 2. The number of rotatable bonds is 3. The standard InChI is InChI=1S/C13H20N2O2/c1-8-6-12(10(3)17-8)9(2)15-13(16)11-4-5-14-7-11/h6,9,11,14H,4-5,7H2,1-3H3,(H,15,16). The molecule has 1 aliphatic heterocycles. The van der Waals surface area contributed by atoms with Crippen LogP contribution in [0.3, 0.4) is 0 Å². The summed E-state index contributed by atoms with van der Waals surface area (Å²) in [5.74, 6) is 2.03. The van der Waals surface area contributed by atoms with Crippen LogP contribution in [-0.4, -0.2) is 19.0 Å². The topological polar surface area (TPSA) is 54.3 Å². The third-order valence-electron chi connectivity index (χ3n) is 3.34. The third-order valence-corrected chi connectivity index (χ3v) is 3.34. The lowest BCUT2D eigenvalue weighted by atomic mass is 10.1. The molecule has 2 rings (SSSR count). The number of carbonyl (C=O) groups excluding carboxylic acids is 1. The molecule has 2 atom stereocenters. The van der Waals surface area contributed by atoms with Crippen LogP contribution in [0.5, 0.6) is 0 Å². The van der Waals surface area contributed by atoms with Gasteiger partial charge in [0.2, 0.25) is 5.91 Å². The lowest BCUT2D eigenvalue weighted by molar-refractivity contribution is -0.125. The highest BCUT2D eigenvalue weighted by molar-refractivity contribution is 5.79. The summed E-state index contributed by atoms with van der Waals surface area (Å²) in [5.41, 5.74) is 1.07. The van der Waals surface area contributed by atoms with E-state index in [0.29, 0.717) is 0 Å². The molecule has 0 aromatic carbocycles. The SMILES string of the molecule is Cc1cc(C(C)NC(=O)C2CCNC2)c(C)o1. The number of hydrogen-bond donors (Lipinski definition) is 2. The second kappa shape index (κ2) is 4.92. The Kier molecular flexibility index (Phi) is 3.52. The highest BCUT2D eigenvalue weighted by Gasteiger charge is 2.24. The molecule has 1 aliphatic rings. The molecule has 0 bridgehead atoms. The van der Waals surface area contributed by atoms with Crippen LogP contribution in [0.2, 0.25) is 0 Å². The molecule has 0 radical (unpaired) electrons. The molecule has 1 amide bonds. The van der Waals surface area contributed by atoms with Gasteiger partial charge in [0.1, 0.15) is 11.5 Å². The van der Waals surface area contributed by atoms with Crippen molar-refractivity contribution < 1.29 is 9.21 Å². The summed E-state index contributed by atoms with van der Waals surface area (Å²) in [6.07, 6.45) is 0.932. The summed E-state index contributed by atoms with van der Waals surface area (Å²) in [6, 6.07) is 2.01. The highest BCUT2D eigenvalue weighted by Crippen LogP contribution is 2.21. The predicted octanol–water partition coefficient (Wildman–Crippen LogP) is 1.68. The molecule has 17 heavy (non-hydrogen) atoms. The van der Waals surface area contributed by atoms with Gasteiger partial charge in [0, 0.05) is 12.1 Å². The van der Waals surface area contributed by atoms with E-state index in [-0.39, 0.29) is 17.9 Å². The largest absolute Gasteiger partial charge is 0.466 e. The predicted molar refractivity (Wildman–Crippen MR) is 65.7 cm³/mol. The molecule has 2 N–H and O–H groups in total. The van der Waals surface area contributed by atoms with Crippen molar-refractivity contribution in [3.8, 4) is 0 Å². The summed E-state index contributed by atoms with van der Waals surface area (Å²) >= 11 is 0. The average molecular weight is 236 g/mol. The minimum Gasteiger partial charge on any atom is -0.466 e. The first-order valence-electron chi connectivity index (χ1n) is 6.16. The van der Waals surface area contributed by atoms with E-state index in [1.807, 2.05) is 26.8 Å². The third kappa shape index (κ3) is 2.69. The van der Waals surface area contributed by atoms with Gasteiger partial charge in [-0.05, 0) is 39.8 Å². The molecule has 94 valence electrons. The van der Waals surface area contributed by atoms with Crippen molar-refractivity contribution in [3.05, 3.63) is 23.2 Å². The molecule has 1 aromatic rings. The summed E-state index contributed by atoms with van der Waals surface area (Å²) < 4.78 is 5.48. The Bertz CT molecular complexity index is 406. The molecular weight excluding hydrogens is 216 g/mol. The fourth-order valence-electron chi connectivity index (χ4n) is 2.37. The number of hydrogen-bond acceptors (Lipinski definition) is 3. The van der Waals surface area contributed by atoms with Crippen LogP contribution in [0.15, 0.2) is 10.5 Å². The van der Waals surface area contributed by atoms with Gasteiger partial charge in [0.25, 0.3) is 0 Å². The van der Waals surface area contributed by atoms with Gasteiger partial charge in [-0.2, -0.15) is 0 Å². The molecule has 2 unspecified atom stereocenters. The summed E-state index contributed by atoms with van der Waals surface area (Å²) in [6.45, 7) is 7.59. The Morgan fingerprint density at radius 1 is 1.59 bits per heavy atom. The lowest BCUT2D eigenvalue weighted by Crippen LogP contribution is -2.33. The Balaban J connectivity index is 1.98. The maximum absolute atomic E-state index is 12.0. The Hall–Kier alpha value is -1.29. The van der Waals surface area contributed by atoms with Gasteiger partial charge in [0.15, 0.2) is 0 Å². The quantitative estimate of drug-likeness (QED) is 0.839. The molecular formula is C13H20N2O2. The van der Waals surface area contributed by atoms with Crippen molar-refractivity contribution in [2.24, 2.45) is 5.92 Å². The van der Waals surface area contributed by atoms with Crippen LogP contribution in [0.1, 0.15) is 36.5 Å². The van der Waals surface area contributed by atoms with Gasteiger partial charge in [-0.15, -0.1) is 0 Å². The van der Waals surface area contributed by atoms with E-state index in [2.05, 4.69) is 10.6 Å². The minimum absolute atomic E-state index is 0.0144. The fourth-order valence-corrected chi connectivity index (χ4v) is 2.37. The number of amides is 1. The van der Waals surface area contributed by atoms with Gasteiger partial charge in [-0.25, -0.2) is 0 Å². The van der Waals surface area contributed by atoms with Crippen LogP contribution in [-0.2, 0) is 4.79 Å². The summed E-state index contributed by atoms with van der Waals surface area (Å²) in [7, 11) is 0. The molecule has 0 aliphatic carbocycles. The zero-order valence-corrected chi connectivity index (χ0v) is 10.7. The van der Waals surface area contributed by atoms with Crippen LogP contribution < -0.4 is 10.6 Å². The maximum Gasteiger partial charge on any atom is 0.224 e. The second-order valence-electron chi connectivity index (χ2n) is 4.79. The van der Waals surface area contributed by atoms with Crippen molar-refractivity contribution in [1.82, 2.24) is 10.6 Å². The van der Waals surface area contributed by atoms with Crippen molar-refractivity contribution >= 4 is 5.91 Å². The maximum atomic E-state index is 12.0. The number of carbonyl (C=O) groups is 1. The van der Waals surface area contributed by atoms with Crippen molar-refractivity contribution in [2.45, 2.75) is 33.2 Å². The van der Waals surface area contributed by atoms with Crippen LogP contribution in [0, 0.1) is 19.8 Å². The summed E-state index contributed by atoms with van der Waals surface area (Å²) in [5, 5.41) is 6.26. The van der Waals surface area contributed by atoms with Gasteiger partial charge >= 0.3 is 0 Å². The molecule has 4 nitrogen and oxygen atoms in total. The molecule has 4 heteroatoms. The molecule has 0 spiro atoms. The second-order valence-corrected chi connectivity index (χ2v) is 4.79. The van der Waals surface area contributed by atoms with E-state index in [4.69, 9.17) is 4.42 Å². The van der Waals surface area contributed by atoms with Gasteiger partial charge < -0.3 is 15.1 Å². The van der Waals surface area contributed by atoms with E-state index in [9.17, 15) is 4.79 Å². The average Bonchev–Trinajstić information content (AvgIpc) is 2.87. The first-order valence-corrected chi connectivity index (χ1v) is 6.16. The van der Waals surface area contributed by atoms with Crippen LogP contribution in [0.4, 0.5) is 0 Å². The smallest absolute Gasteiger partial charge is 0.224 e. The van der Waals surface area contributed by atoms with Crippen molar-refractivity contribution in [2.75, 3.05) is 13.1 Å². The van der Waals surface area contributed by atoms with E-state index in [1.54, 1.807) is 0 Å². The number of nitrogens with one attached hydrogen (secondary N) is 2. The molecule has 1 aromatic heterocycles. The van der Waals surface area contributed by atoms with E-state index >= 15 is 0 Å².